The van der Waals surface area contributed by atoms with E-state index in [1.807, 2.05) is 50.2 Å². The number of aromatic nitrogens is 4. The normalized spacial score (nSPS) is 11.3. The summed E-state index contributed by atoms with van der Waals surface area (Å²) in [5, 5.41) is 18.7. The zero-order chi connectivity index (χ0) is 22.0. The van der Waals surface area contributed by atoms with Crippen LogP contribution in [0.4, 0.5) is 10.3 Å². The lowest BCUT2D eigenvalue weighted by Crippen LogP contribution is -2.12. The molecule has 0 radical (unpaired) electrons. The first kappa shape index (κ1) is 21.0. The first-order valence-corrected chi connectivity index (χ1v) is 12.1. The molecular formula is C19H16N6O3S3. The molecule has 0 saturated heterocycles. The monoisotopic (exact) mass is 472 g/mol. The Morgan fingerprint density at radius 1 is 0.806 bits per heavy atom. The van der Waals surface area contributed by atoms with E-state index in [1.165, 1.54) is 0 Å². The molecule has 2 aromatic carbocycles. The molecule has 0 atom stereocenters. The Bertz CT molecular complexity index is 1330. The molecule has 9 nitrogen and oxygen atoms in total. The predicted molar refractivity (Wildman–Crippen MR) is 120 cm³/mol. The summed E-state index contributed by atoms with van der Waals surface area (Å²) in [4.78, 5) is 12.3. The third-order valence-corrected chi connectivity index (χ3v) is 7.68. The maximum Gasteiger partial charge on any atom is 0.293 e. The number of amides is 1. The quantitative estimate of drug-likeness (QED) is 0.409. The summed E-state index contributed by atoms with van der Waals surface area (Å²) in [7, 11) is -4.02. The van der Waals surface area contributed by atoms with Crippen LogP contribution in [0.1, 0.15) is 21.5 Å². The van der Waals surface area contributed by atoms with Crippen molar-refractivity contribution in [3.63, 3.8) is 0 Å². The lowest BCUT2D eigenvalue weighted by atomic mass is 10.1. The van der Waals surface area contributed by atoms with E-state index in [2.05, 4.69) is 30.4 Å². The van der Waals surface area contributed by atoms with Gasteiger partial charge < -0.3 is 0 Å². The molecule has 0 bridgehead atoms. The average molecular weight is 473 g/mol. The van der Waals surface area contributed by atoms with Crippen molar-refractivity contribution in [1.29, 1.82) is 0 Å². The number of carbonyl (C=O) groups is 1. The molecule has 2 heterocycles. The number of rotatable bonds is 6. The zero-order valence-electron chi connectivity index (χ0n) is 16.4. The lowest BCUT2D eigenvalue weighted by molar-refractivity contribution is 0.102. The van der Waals surface area contributed by atoms with Crippen LogP contribution in [0.25, 0.3) is 10.6 Å². The molecule has 4 rings (SSSR count). The second-order valence-corrected chi connectivity index (χ2v) is 10.4. The number of aryl methyl sites for hydroxylation is 2. The Kier molecular flexibility index (Phi) is 5.76. The first-order chi connectivity index (χ1) is 14.8. The molecule has 0 aliphatic rings. The van der Waals surface area contributed by atoms with Gasteiger partial charge in [0.05, 0.1) is 0 Å². The number of nitrogens with one attached hydrogen (secondary N) is 2. The highest BCUT2D eigenvalue weighted by molar-refractivity contribution is 7.94. The SMILES string of the molecule is Cc1ccc(C(=O)Nc2nnc(S(=O)(=O)Nc3nnc(-c4ccc(C)cc4)s3)s2)cc1. The molecule has 0 saturated carbocycles. The van der Waals surface area contributed by atoms with Crippen molar-refractivity contribution in [2.75, 3.05) is 10.0 Å². The highest BCUT2D eigenvalue weighted by atomic mass is 32.2. The van der Waals surface area contributed by atoms with Gasteiger partial charge in [0, 0.05) is 11.1 Å². The van der Waals surface area contributed by atoms with Gasteiger partial charge in [-0.3, -0.25) is 14.8 Å². The van der Waals surface area contributed by atoms with Gasteiger partial charge in [-0.1, -0.05) is 70.2 Å². The molecule has 12 heteroatoms. The zero-order valence-corrected chi connectivity index (χ0v) is 18.8. The summed E-state index contributed by atoms with van der Waals surface area (Å²) in [6.07, 6.45) is 0. The number of hydrogen-bond donors (Lipinski definition) is 2. The number of nitrogens with zero attached hydrogens (tertiary/aromatic N) is 4. The second-order valence-electron chi connectivity index (χ2n) is 6.58. The molecule has 0 fully saturated rings. The number of anilines is 2. The minimum atomic E-state index is -4.02. The van der Waals surface area contributed by atoms with E-state index in [4.69, 9.17) is 0 Å². The Morgan fingerprint density at radius 3 is 2.10 bits per heavy atom. The Hall–Kier alpha value is -3.22. The predicted octanol–water partition coefficient (Wildman–Crippen LogP) is 3.73. The van der Waals surface area contributed by atoms with Crippen LogP contribution < -0.4 is 10.0 Å². The molecule has 31 heavy (non-hydrogen) atoms. The Labute approximate surface area is 186 Å². The lowest BCUT2D eigenvalue weighted by Gasteiger charge is -2.01. The van der Waals surface area contributed by atoms with Crippen LogP contribution in [-0.2, 0) is 10.0 Å². The molecule has 0 aliphatic heterocycles. The van der Waals surface area contributed by atoms with Crippen molar-refractivity contribution >= 4 is 48.9 Å². The van der Waals surface area contributed by atoms with Gasteiger partial charge in [0.1, 0.15) is 5.01 Å². The van der Waals surface area contributed by atoms with Gasteiger partial charge in [-0.05, 0) is 26.0 Å². The van der Waals surface area contributed by atoms with Gasteiger partial charge in [-0.15, -0.1) is 20.4 Å². The van der Waals surface area contributed by atoms with Gasteiger partial charge in [0.15, 0.2) is 0 Å². The van der Waals surface area contributed by atoms with Gasteiger partial charge in [0.2, 0.25) is 10.3 Å². The number of benzene rings is 2. The van der Waals surface area contributed by atoms with Crippen molar-refractivity contribution in [1.82, 2.24) is 20.4 Å². The molecule has 2 aromatic heterocycles. The summed E-state index contributed by atoms with van der Waals surface area (Å²) in [6.45, 7) is 3.89. The van der Waals surface area contributed by atoms with E-state index in [0.29, 0.717) is 10.6 Å². The third-order valence-electron chi connectivity index (χ3n) is 4.12. The fourth-order valence-corrected chi connectivity index (χ4v) is 5.35. The van der Waals surface area contributed by atoms with E-state index >= 15 is 0 Å². The molecule has 158 valence electrons. The maximum atomic E-state index is 12.6. The summed E-state index contributed by atoms with van der Waals surface area (Å²) < 4.78 is 27.3. The molecule has 1 amide bonds. The largest absolute Gasteiger partial charge is 0.296 e. The van der Waals surface area contributed by atoms with Gasteiger partial charge >= 0.3 is 0 Å². The standard InChI is InChI=1S/C19H16N6O3S3/c1-11-3-7-13(8-4-11)15(26)20-17-22-24-19(30-17)31(27,28)25-18-23-21-16(29-18)14-9-5-12(2)6-10-14/h3-10H,1-2H3,(H,23,25)(H,20,22,26). The van der Waals surface area contributed by atoms with Gasteiger partial charge in [-0.2, -0.15) is 8.42 Å². The molecular weight excluding hydrogens is 456 g/mol. The highest BCUT2D eigenvalue weighted by Gasteiger charge is 2.23. The molecule has 0 aliphatic carbocycles. The van der Waals surface area contributed by atoms with Crippen molar-refractivity contribution in [2.45, 2.75) is 18.2 Å². The second kappa shape index (κ2) is 8.49. The first-order valence-electron chi connectivity index (χ1n) is 8.95. The van der Waals surface area contributed by atoms with Crippen LogP contribution in [0.2, 0.25) is 0 Å². The Balaban J connectivity index is 1.46. The fourth-order valence-electron chi connectivity index (χ4n) is 2.48. The smallest absolute Gasteiger partial charge is 0.293 e. The summed E-state index contributed by atoms with van der Waals surface area (Å²) in [6, 6.07) is 14.6. The van der Waals surface area contributed by atoms with Crippen molar-refractivity contribution in [3.8, 4) is 10.6 Å². The van der Waals surface area contributed by atoms with E-state index in [1.54, 1.807) is 12.1 Å². The van der Waals surface area contributed by atoms with Crippen LogP contribution in [0.3, 0.4) is 0 Å². The van der Waals surface area contributed by atoms with Gasteiger partial charge in [0.25, 0.3) is 20.3 Å². The minimum absolute atomic E-state index is 0.0727. The summed E-state index contributed by atoms with van der Waals surface area (Å²) >= 11 is 1.85. The molecule has 4 aromatic rings. The van der Waals surface area contributed by atoms with Crippen LogP contribution in [0.5, 0.6) is 0 Å². The third kappa shape index (κ3) is 4.93. The molecule has 0 unspecified atom stereocenters. The average Bonchev–Trinajstić information content (AvgIpc) is 3.39. The van der Waals surface area contributed by atoms with E-state index in [9.17, 15) is 13.2 Å². The topological polar surface area (TPSA) is 127 Å². The highest BCUT2D eigenvalue weighted by Crippen LogP contribution is 2.29. The number of sulfonamides is 1. The summed E-state index contributed by atoms with van der Waals surface area (Å²) in [5.74, 6) is -0.403. The van der Waals surface area contributed by atoms with Crippen molar-refractivity contribution in [3.05, 3.63) is 65.2 Å². The van der Waals surface area contributed by atoms with E-state index in [0.717, 1.165) is 39.4 Å². The van der Waals surface area contributed by atoms with E-state index in [-0.39, 0.29) is 14.6 Å². The fraction of sp³-hybridized carbons (Fsp3) is 0.105. The number of hydrogen-bond acceptors (Lipinski definition) is 9. The summed E-state index contributed by atoms with van der Waals surface area (Å²) in [5.41, 5.74) is 3.40. The van der Waals surface area contributed by atoms with Crippen LogP contribution in [-0.4, -0.2) is 34.7 Å². The number of carbonyl (C=O) groups excluding carboxylic acids is 1. The van der Waals surface area contributed by atoms with Gasteiger partial charge in [-0.25, -0.2) is 0 Å². The molecule has 2 N–H and O–H groups in total. The van der Waals surface area contributed by atoms with Crippen molar-refractivity contribution in [2.24, 2.45) is 0 Å². The molecule has 0 spiro atoms. The van der Waals surface area contributed by atoms with Crippen LogP contribution >= 0.6 is 22.7 Å². The van der Waals surface area contributed by atoms with Crippen molar-refractivity contribution < 1.29 is 13.2 Å². The minimum Gasteiger partial charge on any atom is -0.296 e. The Morgan fingerprint density at radius 2 is 1.42 bits per heavy atom. The van der Waals surface area contributed by atoms with E-state index < -0.39 is 15.9 Å². The van der Waals surface area contributed by atoms with Crippen LogP contribution in [0.15, 0.2) is 52.9 Å². The maximum absolute atomic E-state index is 12.6. The van der Waals surface area contributed by atoms with Crippen LogP contribution in [0, 0.1) is 13.8 Å².